The van der Waals surface area contributed by atoms with E-state index in [1.54, 1.807) is 6.20 Å². The Morgan fingerprint density at radius 2 is 2.27 bits per heavy atom. The first-order valence-electron chi connectivity index (χ1n) is 7.29. The van der Waals surface area contributed by atoms with Crippen molar-refractivity contribution in [1.29, 1.82) is 0 Å². The Hall–Kier alpha value is -2.76. The van der Waals surface area contributed by atoms with Crippen molar-refractivity contribution in [3.8, 4) is 17.2 Å². The van der Waals surface area contributed by atoms with Crippen LogP contribution < -0.4 is 20.1 Å². The highest BCUT2D eigenvalue weighted by Crippen LogP contribution is 2.54. The van der Waals surface area contributed by atoms with Crippen LogP contribution in [0.2, 0.25) is 0 Å². The van der Waals surface area contributed by atoms with Crippen molar-refractivity contribution in [1.82, 2.24) is 10.3 Å². The van der Waals surface area contributed by atoms with Crippen LogP contribution in [0.5, 0.6) is 17.2 Å². The normalized spacial score (nSPS) is 23.4. The van der Waals surface area contributed by atoms with Crippen LogP contribution in [0.25, 0.3) is 0 Å². The number of hydrogen-bond acceptors (Lipinski definition) is 4. The van der Waals surface area contributed by atoms with Gasteiger partial charge in [0.05, 0.1) is 12.1 Å². The lowest BCUT2D eigenvalue weighted by Crippen LogP contribution is -2.34. The third-order valence-electron chi connectivity index (χ3n) is 4.29. The number of ether oxygens (including phenoxy) is 2. The van der Waals surface area contributed by atoms with Gasteiger partial charge in [0.1, 0.15) is 29.2 Å². The maximum Gasteiger partial charge on any atom is 0.320 e. The molecule has 2 amide bonds. The molecule has 0 unspecified atom stereocenters. The third kappa shape index (κ3) is 1.73. The number of aromatic nitrogens is 1. The van der Waals surface area contributed by atoms with Crippen LogP contribution in [0, 0.1) is 0 Å². The van der Waals surface area contributed by atoms with E-state index in [2.05, 4.69) is 21.7 Å². The number of benzene rings is 1. The Morgan fingerprint density at radius 3 is 3.23 bits per heavy atom. The molecule has 1 saturated carbocycles. The molecule has 5 rings (SSSR count). The van der Waals surface area contributed by atoms with Gasteiger partial charge in [0, 0.05) is 17.7 Å². The lowest BCUT2D eigenvalue weighted by atomic mass is 10.1. The molecule has 1 aliphatic carbocycles. The standard InChI is InChI=1S/C16H13N3O3/c20-16-18-7-11-13(3-4-17-15(11)19-16)21-8-1-2-12-9(5-8)10-6-14(10)22-12/h1-5,10,14H,6-7H2,(H2,17,18,19,20)/t10-,14-/m1/s1. The average Bonchev–Trinajstić information content (AvgIpc) is 3.20. The van der Waals surface area contributed by atoms with Gasteiger partial charge < -0.3 is 14.8 Å². The number of nitrogens with zero attached hydrogens (tertiary/aromatic N) is 1. The molecule has 22 heavy (non-hydrogen) atoms. The predicted molar refractivity (Wildman–Crippen MR) is 78.4 cm³/mol. The van der Waals surface area contributed by atoms with Crippen LogP contribution in [0.4, 0.5) is 10.6 Å². The molecule has 6 heteroatoms. The first-order chi connectivity index (χ1) is 10.8. The molecule has 0 bridgehead atoms. The number of carbonyl (C=O) groups is 1. The maximum absolute atomic E-state index is 11.3. The van der Waals surface area contributed by atoms with E-state index in [0.717, 1.165) is 23.5 Å². The van der Waals surface area contributed by atoms with E-state index >= 15 is 0 Å². The van der Waals surface area contributed by atoms with Gasteiger partial charge in [-0.25, -0.2) is 9.78 Å². The van der Waals surface area contributed by atoms with Gasteiger partial charge in [-0.15, -0.1) is 0 Å². The van der Waals surface area contributed by atoms with Crippen LogP contribution in [0.1, 0.15) is 23.5 Å². The minimum Gasteiger partial charge on any atom is -0.489 e. The molecule has 0 radical (unpaired) electrons. The van der Waals surface area contributed by atoms with E-state index in [9.17, 15) is 4.79 Å². The van der Waals surface area contributed by atoms with E-state index in [1.807, 2.05) is 18.2 Å². The Labute approximate surface area is 126 Å². The van der Waals surface area contributed by atoms with Crippen LogP contribution in [0.15, 0.2) is 30.5 Å². The summed E-state index contributed by atoms with van der Waals surface area (Å²) in [5.74, 6) is 3.53. The van der Waals surface area contributed by atoms with Crippen LogP contribution >= 0.6 is 0 Å². The van der Waals surface area contributed by atoms with E-state index in [0.29, 0.717) is 30.1 Å². The Bertz CT molecular complexity index is 805. The summed E-state index contributed by atoms with van der Waals surface area (Å²) in [6, 6.07) is 7.48. The average molecular weight is 295 g/mol. The van der Waals surface area contributed by atoms with Crippen molar-refractivity contribution >= 4 is 11.8 Å². The zero-order chi connectivity index (χ0) is 14.7. The minimum atomic E-state index is -0.244. The second-order valence-electron chi connectivity index (χ2n) is 5.74. The molecule has 110 valence electrons. The predicted octanol–water partition coefficient (Wildman–Crippen LogP) is 2.76. The Kier molecular flexibility index (Phi) is 2.22. The highest BCUT2D eigenvalue weighted by Gasteiger charge is 2.48. The first kappa shape index (κ1) is 11.9. The zero-order valence-corrected chi connectivity index (χ0v) is 11.6. The van der Waals surface area contributed by atoms with Crippen molar-refractivity contribution in [3.63, 3.8) is 0 Å². The van der Waals surface area contributed by atoms with Gasteiger partial charge in [0.15, 0.2) is 0 Å². The van der Waals surface area contributed by atoms with Gasteiger partial charge in [-0.1, -0.05) is 0 Å². The largest absolute Gasteiger partial charge is 0.489 e. The summed E-state index contributed by atoms with van der Waals surface area (Å²) < 4.78 is 11.8. The second-order valence-corrected chi connectivity index (χ2v) is 5.74. The lowest BCUT2D eigenvalue weighted by Gasteiger charge is -2.20. The van der Waals surface area contributed by atoms with E-state index in [1.165, 1.54) is 5.56 Å². The fourth-order valence-electron chi connectivity index (χ4n) is 3.08. The minimum absolute atomic E-state index is 0.244. The highest BCUT2D eigenvalue weighted by atomic mass is 16.5. The van der Waals surface area contributed by atoms with Crippen molar-refractivity contribution in [2.45, 2.75) is 25.0 Å². The van der Waals surface area contributed by atoms with Crippen molar-refractivity contribution in [2.24, 2.45) is 0 Å². The smallest absolute Gasteiger partial charge is 0.320 e. The fraction of sp³-hybridized carbons (Fsp3) is 0.250. The summed E-state index contributed by atoms with van der Waals surface area (Å²) in [5, 5.41) is 5.41. The molecular weight excluding hydrogens is 282 g/mol. The van der Waals surface area contributed by atoms with Crippen molar-refractivity contribution in [3.05, 3.63) is 41.6 Å². The summed E-state index contributed by atoms with van der Waals surface area (Å²) in [6.45, 7) is 0.406. The quantitative estimate of drug-likeness (QED) is 0.893. The van der Waals surface area contributed by atoms with Crippen LogP contribution in [-0.2, 0) is 6.54 Å². The SMILES string of the molecule is O=C1NCc2c(Oc3ccc4c(c3)[C@H]3C[C@H]3O4)ccnc2N1. The van der Waals surface area contributed by atoms with Gasteiger partial charge in [-0.05, 0) is 30.7 Å². The van der Waals surface area contributed by atoms with Crippen molar-refractivity contribution < 1.29 is 14.3 Å². The van der Waals surface area contributed by atoms with Gasteiger partial charge >= 0.3 is 6.03 Å². The number of carbonyl (C=O) groups excluding carboxylic acids is 1. The number of amides is 2. The van der Waals surface area contributed by atoms with Gasteiger partial charge in [-0.2, -0.15) is 0 Å². The summed E-state index contributed by atoms with van der Waals surface area (Å²) in [5.41, 5.74) is 2.08. The molecule has 2 atom stereocenters. The molecule has 1 fully saturated rings. The molecular formula is C16H13N3O3. The second kappa shape index (κ2) is 4.13. The number of urea groups is 1. The molecule has 2 N–H and O–H groups in total. The molecule has 1 aromatic carbocycles. The number of hydrogen-bond donors (Lipinski definition) is 2. The maximum atomic E-state index is 11.3. The van der Waals surface area contributed by atoms with Gasteiger partial charge in [-0.3, -0.25) is 5.32 Å². The zero-order valence-electron chi connectivity index (χ0n) is 11.6. The summed E-state index contributed by atoms with van der Waals surface area (Å²) in [4.78, 5) is 15.5. The van der Waals surface area contributed by atoms with E-state index in [-0.39, 0.29) is 6.03 Å². The van der Waals surface area contributed by atoms with Crippen LogP contribution in [0.3, 0.4) is 0 Å². The topological polar surface area (TPSA) is 72.5 Å². The monoisotopic (exact) mass is 295 g/mol. The molecule has 3 aliphatic rings. The first-order valence-corrected chi connectivity index (χ1v) is 7.29. The van der Waals surface area contributed by atoms with E-state index in [4.69, 9.17) is 9.47 Å². The molecule has 0 saturated heterocycles. The van der Waals surface area contributed by atoms with Crippen LogP contribution in [-0.4, -0.2) is 17.1 Å². The van der Waals surface area contributed by atoms with Crippen molar-refractivity contribution in [2.75, 3.05) is 5.32 Å². The molecule has 2 aliphatic heterocycles. The molecule has 1 aromatic heterocycles. The van der Waals surface area contributed by atoms with Gasteiger partial charge in [0.2, 0.25) is 0 Å². The fourth-order valence-corrected chi connectivity index (χ4v) is 3.08. The molecule has 2 aromatic rings. The number of pyridine rings is 1. The molecule has 3 heterocycles. The number of rotatable bonds is 2. The highest BCUT2D eigenvalue weighted by molar-refractivity contribution is 5.91. The number of anilines is 1. The summed E-state index contributed by atoms with van der Waals surface area (Å²) >= 11 is 0. The molecule has 6 nitrogen and oxygen atoms in total. The summed E-state index contributed by atoms with van der Waals surface area (Å²) in [7, 11) is 0. The summed E-state index contributed by atoms with van der Waals surface area (Å²) in [6.07, 6.45) is 3.11. The molecule has 0 spiro atoms. The number of fused-ring (bicyclic) bond motifs is 4. The van der Waals surface area contributed by atoms with Gasteiger partial charge in [0.25, 0.3) is 0 Å². The Morgan fingerprint density at radius 1 is 1.32 bits per heavy atom. The Balaban J connectivity index is 1.48. The third-order valence-corrected chi connectivity index (χ3v) is 4.29. The number of nitrogens with one attached hydrogen (secondary N) is 2. The lowest BCUT2D eigenvalue weighted by molar-refractivity contribution is 0.250. The van der Waals surface area contributed by atoms with E-state index < -0.39 is 0 Å².